The molecule has 0 aromatic heterocycles. The van der Waals surface area contributed by atoms with Gasteiger partial charge in [-0.3, -0.25) is 4.79 Å². The molecule has 1 aliphatic carbocycles. The fourth-order valence-electron chi connectivity index (χ4n) is 2.56. The zero-order valence-corrected chi connectivity index (χ0v) is 10.3. The van der Waals surface area contributed by atoms with Crippen molar-refractivity contribution in [2.24, 2.45) is 11.7 Å². The van der Waals surface area contributed by atoms with Gasteiger partial charge in [0.1, 0.15) is 5.78 Å². The van der Waals surface area contributed by atoms with E-state index < -0.39 is 0 Å². The van der Waals surface area contributed by atoms with Crippen molar-refractivity contribution in [1.29, 1.82) is 0 Å². The molecule has 0 atom stereocenters. The lowest BCUT2D eigenvalue weighted by molar-refractivity contribution is -0.123. The molecule has 2 nitrogen and oxygen atoms in total. The molecule has 0 amide bonds. The van der Waals surface area contributed by atoms with Crippen LogP contribution in [0.3, 0.4) is 0 Å². The zero-order chi connectivity index (χ0) is 12.1. The standard InChI is InChI=1S/C15H21NO/c16-14-9-7-13(8-10-14)15(17)11-6-12-4-2-1-3-5-12/h1-5,13-14H,6-11,16H2. The highest BCUT2D eigenvalue weighted by Gasteiger charge is 2.23. The maximum atomic E-state index is 12.0. The van der Waals surface area contributed by atoms with Crippen LogP contribution in [0.2, 0.25) is 0 Å². The van der Waals surface area contributed by atoms with E-state index in [1.165, 1.54) is 5.56 Å². The molecule has 2 rings (SSSR count). The lowest BCUT2D eigenvalue weighted by Gasteiger charge is -2.24. The fourth-order valence-corrected chi connectivity index (χ4v) is 2.56. The summed E-state index contributed by atoms with van der Waals surface area (Å²) in [6.07, 6.45) is 5.58. The van der Waals surface area contributed by atoms with E-state index >= 15 is 0 Å². The average Bonchev–Trinajstić information content (AvgIpc) is 2.38. The predicted molar refractivity (Wildman–Crippen MR) is 69.7 cm³/mol. The number of carbonyl (C=O) groups excluding carboxylic acids is 1. The minimum absolute atomic E-state index is 0.276. The summed E-state index contributed by atoms with van der Waals surface area (Å²) < 4.78 is 0. The van der Waals surface area contributed by atoms with E-state index in [-0.39, 0.29) is 5.92 Å². The van der Waals surface area contributed by atoms with Crippen molar-refractivity contribution in [1.82, 2.24) is 0 Å². The lowest BCUT2D eigenvalue weighted by atomic mass is 9.82. The first-order valence-electron chi connectivity index (χ1n) is 6.58. The number of hydrogen-bond donors (Lipinski definition) is 1. The number of rotatable bonds is 4. The molecule has 2 N–H and O–H groups in total. The Morgan fingerprint density at radius 1 is 1.12 bits per heavy atom. The number of carbonyl (C=O) groups is 1. The molecule has 17 heavy (non-hydrogen) atoms. The van der Waals surface area contributed by atoms with Gasteiger partial charge in [-0.25, -0.2) is 0 Å². The smallest absolute Gasteiger partial charge is 0.136 e. The summed E-state index contributed by atoms with van der Waals surface area (Å²) in [6.45, 7) is 0. The lowest BCUT2D eigenvalue weighted by Crippen LogP contribution is -2.29. The third-order valence-electron chi connectivity index (χ3n) is 3.73. The topological polar surface area (TPSA) is 43.1 Å². The summed E-state index contributed by atoms with van der Waals surface area (Å²) in [7, 11) is 0. The van der Waals surface area contributed by atoms with Gasteiger partial charge in [-0.05, 0) is 37.7 Å². The number of Topliss-reactive ketones (excluding diaryl/α,β-unsaturated/α-hetero) is 1. The number of hydrogen-bond acceptors (Lipinski definition) is 2. The molecule has 1 saturated carbocycles. The van der Waals surface area contributed by atoms with Crippen LogP contribution in [0.5, 0.6) is 0 Å². The van der Waals surface area contributed by atoms with Gasteiger partial charge >= 0.3 is 0 Å². The summed E-state index contributed by atoms with van der Waals surface area (Å²) in [4.78, 5) is 12.0. The quantitative estimate of drug-likeness (QED) is 0.865. The number of ketones is 1. The van der Waals surface area contributed by atoms with Crippen molar-refractivity contribution in [3.8, 4) is 0 Å². The van der Waals surface area contributed by atoms with Gasteiger partial charge in [0.05, 0.1) is 0 Å². The van der Waals surface area contributed by atoms with Crippen LogP contribution in [0.4, 0.5) is 0 Å². The fraction of sp³-hybridized carbons (Fsp3) is 0.533. The van der Waals surface area contributed by atoms with Crippen LogP contribution in [0, 0.1) is 5.92 Å². The molecule has 0 spiro atoms. The molecular weight excluding hydrogens is 210 g/mol. The van der Waals surface area contributed by atoms with Crippen molar-refractivity contribution in [2.75, 3.05) is 0 Å². The molecule has 0 aliphatic heterocycles. The Balaban J connectivity index is 1.78. The average molecular weight is 231 g/mol. The Hall–Kier alpha value is -1.15. The van der Waals surface area contributed by atoms with E-state index in [0.717, 1.165) is 32.1 Å². The molecule has 1 aliphatic rings. The number of aryl methyl sites for hydroxylation is 1. The van der Waals surface area contributed by atoms with Crippen LogP contribution in [0.25, 0.3) is 0 Å². The van der Waals surface area contributed by atoms with E-state index in [2.05, 4.69) is 12.1 Å². The number of benzene rings is 1. The molecule has 92 valence electrons. The summed E-state index contributed by atoms with van der Waals surface area (Å²) in [5.74, 6) is 0.708. The third kappa shape index (κ3) is 3.67. The normalized spacial score (nSPS) is 24.5. The van der Waals surface area contributed by atoms with Crippen LogP contribution in [0.15, 0.2) is 30.3 Å². The van der Waals surface area contributed by atoms with Gasteiger partial charge in [-0.1, -0.05) is 30.3 Å². The molecular formula is C15H21NO. The second-order valence-electron chi connectivity index (χ2n) is 5.06. The predicted octanol–water partition coefficient (Wildman–Crippen LogP) is 2.71. The highest BCUT2D eigenvalue weighted by Crippen LogP contribution is 2.25. The van der Waals surface area contributed by atoms with Crippen molar-refractivity contribution in [3.63, 3.8) is 0 Å². The summed E-state index contributed by atoms with van der Waals surface area (Å²) >= 11 is 0. The van der Waals surface area contributed by atoms with Gasteiger partial charge in [0, 0.05) is 18.4 Å². The van der Waals surface area contributed by atoms with Crippen LogP contribution in [-0.2, 0) is 11.2 Å². The molecule has 1 fully saturated rings. The first kappa shape index (κ1) is 12.3. The van der Waals surface area contributed by atoms with E-state index in [0.29, 0.717) is 18.2 Å². The molecule has 0 unspecified atom stereocenters. The second-order valence-corrected chi connectivity index (χ2v) is 5.06. The van der Waals surface area contributed by atoms with Crippen molar-refractivity contribution in [3.05, 3.63) is 35.9 Å². The van der Waals surface area contributed by atoms with Crippen molar-refractivity contribution >= 4 is 5.78 Å². The van der Waals surface area contributed by atoms with Crippen molar-refractivity contribution in [2.45, 2.75) is 44.6 Å². The molecule has 0 bridgehead atoms. The van der Waals surface area contributed by atoms with Gasteiger partial charge in [0.2, 0.25) is 0 Å². The van der Waals surface area contributed by atoms with Gasteiger partial charge in [0.25, 0.3) is 0 Å². The Kier molecular flexibility index (Phi) is 4.32. The maximum Gasteiger partial charge on any atom is 0.136 e. The maximum absolute atomic E-state index is 12.0. The van der Waals surface area contributed by atoms with Crippen LogP contribution >= 0.6 is 0 Å². The third-order valence-corrected chi connectivity index (χ3v) is 3.73. The van der Waals surface area contributed by atoms with E-state index in [1.807, 2.05) is 18.2 Å². The van der Waals surface area contributed by atoms with Crippen LogP contribution < -0.4 is 5.73 Å². The Bertz CT molecular complexity index is 352. The number of nitrogens with two attached hydrogens (primary N) is 1. The van der Waals surface area contributed by atoms with Crippen LogP contribution in [0.1, 0.15) is 37.7 Å². The highest BCUT2D eigenvalue weighted by atomic mass is 16.1. The second kappa shape index (κ2) is 5.97. The first-order valence-corrected chi connectivity index (χ1v) is 6.58. The van der Waals surface area contributed by atoms with Gasteiger partial charge in [0.15, 0.2) is 0 Å². The highest BCUT2D eigenvalue weighted by molar-refractivity contribution is 5.81. The summed E-state index contributed by atoms with van der Waals surface area (Å²) in [6, 6.07) is 10.6. The Labute approximate surface area is 103 Å². The largest absolute Gasteiger partial charge is 0.328 e. The van der Waals surface area contributed by atoms with Gasteiger partial charge < -0.3 is 5.73 Å². The Morgan fingerprint density at radius 2 is 1.76 bits per heavy atom. The van der Waals surface area contributed by atoms with E-state index in [9.17, 15) is 4.79 Å². The minimum Gasteiger partial charge on any atom is -0.328 e. The molecule has 2 heteroatoms. The van der Waals surface area contributed by atoms with E-state index in [4.69, 9.17) is 5.73 Å². The SMILES string of the molecule is NC1CCC(C(=O)CCc2ccccc2)CC1. The first-order chi connectivity index (χ1) is 8.25. The summed E-state index contributed by atoms with van der Waals surface area (Å²) in [5.41, 5.74) is 7.11. The molecule has 0 radical (unpaired) electrons. The minimum atomic E-state index is 0.276. The monoisotopic (exact) mass is 231 g/mol. The summed E-state index contributed by atoms with van der Waals surface area (Å²) in [5, 5.41) is 0. The zero-order valence-electron chi connectivity index (χ0n) is 10.3. The molecule has 1 aromatic carbocycles. The van der Waals surface area contributed by atoms with Crippen LogP contribution in [-0.4, -0.2) is 11.8 Å². The molecule has 0 heterocycles. The molecule has 1 aromatic rings. The Morgan fingerprint density at radius 3 is 2.41 bits per heavy atom. The van der Waals surface area contributed by atoms with E-state index in [1.54, 1.807) is 0 Å². The van der Waals surface area contributed by atoms with Crippen molar-refractivity contribution < 1.29 is 4.79 Å². The van der Waals surface area contributed by atoms with Gasteiger partial charge in [-0.15, -0.1) is 0 Å². The van der Waals surface area contributed by atoms with Gasteiger partial charge in [-0.2, -0.15) is 0 Å². The molecule has 0 saturated heterocycles.